The summed E-state index contributed by atoms with van der Waals surface area (Å²) in [6.07, 6.45) is 0. The number of para-hydroxylation sites is 2. The summed E-state index contributed by atoms with van der Waals surface area (Å²) < 4.78 is 10.3. The fraction of sp³-hybridized carbons (Fsp3) is 0.150. The molecule has 0 radical (unpaired) electrons. The van der Waals surface area contributed by atoms with Crippen LogP contribution in [0.4, 0.5) is 0 Å². The number of ether oxygens (including phenoxy) is 2. The van der Waals surface area contributed by atoms with Gasteiger partial charge in [-0.1, -0.05) is 36.4 Å². The maximum Gasteiger partial charge on any atom is 0.339 e. The highest BCUT2D eigenvalue weighted by Gasteiger charge is 2.15. The van der Waals surface area contributed by atoms with E-state index in [9.17, 15) is 14.4 Å². The number of benzene rings is 2. The minimum atomic E-state index is -0.732. The van der Waals surface area contributed by atoms with Gasteiger partial charge in [0.2, 0.25) is 5.56 Å². The molecule has 0 aliphatic rings. The molecule has 0 aliphatic heterocycles. The van der Waals surface area contributed by atoms with Crippen molar-refractivity contribution in [3.63, 3.8) is 0 Å². The lowest BCUT2D eigenvalue weighted by Crippen LogP contribution is -2.28. The summed E-state index contributed by atoms with van der Waals surface area (Å²) in [6, 6.07) is 15.3. The molecule has 0 bridgehead atoms. The zero-order valence-corrected chi connectivity index (χ0v) is 14.7. The number of aromatic amines is 1. The lowest BCUT2D eigenvalue weighted by Gasteiger charge is -2.10. The molecule has 7 heteroatoms. The van der Waals surface area contributed by atoms with Gasteiger partial charge in [0.15, 0.2) is 6.61 Å². The van der Waals surface area contributed by atoms with Crippen molar-refractivity contribution in [1.29, 1.82) is 0 Å². The molecule has 3 aromatic rings. The van der Waals surface area contributed by atoms with Crippen LogP contribution in [0.3, 0.4) is 0 Å². The Morgan fingerprint density at radius 1 is 1.07 bits per heavy atom. The maximum atomic E-state index is 12.3. The highest BCUT2D eigenvalue weighted by atomic mass is 16.5. The van der Waals surface area contributed by atoms with E-state index in [1.165, 1.54) is 0 Å². The molecule has 0 saturated heterocycles. The van der Waals surface area contributed by atoms with Crippen LogP contribution in [-0.2, 0) is 16.1 Å². The number of carbonyl (C=O) groups is 2. The Hall–Kier alpha value is -3.61. The first-order valence-electron chi connectivity index (χ1n) is 8.26. The van der Waals surface area contributed by atoms with E-state index in [2.05, 4.69) is 10.3 Å². The lowest BCUT2D eigenvalue weighted by atomic mass is 10.1. The van der Waals surface area contributed by atoms with Crippen molar-refractivity contribution >= 4 is 22.8 Å². The van der Waals surface area contributed by atoms with Crippen LogP contribution in [0.5, 0.6) is 5.75 Å². The average molecular weight is 366 g/mol. The van der Waals surface area contributed by atoms with Gasteiger partial charge < -0.3 is 19.8 Å². The monoisotopic (exact) mass is 366 g/mol. The summed E-state index contributed by atoms with van der Waals surface area (Å²) >= 11 is 0. The molecule has 3 rings (SSSR count). The molecule has 0 saturated carbocycles. The number of hydrogen-bond acceptors (Lipinski definition) is 5. The third-order valence-corrected chi connectivity index (χ3v) is 3.97. The fourth-order valence-corrected chi connectivity index (χ4v) is 2.68. The highest BCUT2D eigenvalue weighted by Crippen LogP contribution is 2.17. The van der Waals surface area contributed by atoms with Crippen LogP contribution < -0.4 is 15.6 Å². The minimum absolute atomic E-state index is 0.117. The summed E-state index contributed by atoms with van der Waals surface area (Å²) in [5.74, 6) is -0.530. The summed E-state index contributed by atoms with van der Waals surface area (Å²) in [4.78, 5) is 38.7. The smallest absolute Gasteiger partial charge is 0.339 e. The summed E-state index contributed by atoms with van der Waals surface area (Å²) in [6.45, 7) is -0.205. The van der Waals surface area contributed by atoms with Crippen molar-refractivity contribution in [3.05, 3.63) is 76.1 Å². The Balaban J connectivity index is 1.62. The highest BCUT2D eigenvalue weighted by molar-refractivity contribution is 6.03. The van der Waals surface area contributed by atoms with Gasteiger partial charge in [-0.15, -0.1) is 0 Å². The molecule has 2 aromatic carbocycles. The average Bonchev–Trinajstić information content (AvgIpc) is 2.69. The Morgan fingerprint density at radius 3 is 2.63 bits per heavy atom. The number of hydrogen-bond donors (Lipinski definition) is 2. The first-order chi connectivity index (χ1) is 13.1. The molecule has 7 nitrogen and oxygen atoms in total. The van der Waals surface area contributed by atoms with E-state index in [0.717, 1.165) is 11.6 Å². The van der Waals surface area contributed by atoms with Gasteiger partial charge in [0.05, 0.1) is 12.7 Å². The number of esters is 1. The van der Waals surface area contributed by atoms with Crippen molar-refractivity contribution in [1.82, 2.24) is 10.3 Å². The molecule has 138 valence electrons. The number of carbonyl (C=O) groups excluding carboxylic acids is 2. The lowest BCUT2D eigenvalue weighted by molar-refractivity contribution is -0.124. The van der Waals surface area contributed by atoms with Gasteiger partial charge in [-0.05, 0) is 12.1 Å². The molecule has 0 aliphatic carbocycles. The molecule has 0 atom stereocenters. The normalized spacial score (nSPS) is 10.4. The zero-order valence-electron chi connectivity index (χ0n) is 14.7. The molecule has 0 unspecified atom stereocenters. The fourth-order valence-electron chi connectivity index (χ4n) is 2.68. The van der Waals surface area contributed by atoms with Crippen LogP contribution >= 0.6 is 0 Å². The van der Waals surface area contributed by atoms with Gasteiger partial charge >= 0.3 is 5.97 Å². The first kappa shape index (κ1) is 18.2. The van der Waals surface area contributed by atoms with Crippen molar-refractivity contribution in [2.24, 2.45) is 0 Å². The molecule has 1 heterocycles. The third-order valence-electron chi connectivity index (χ3n) is 3.97. The third kappa shape index (κ3) is 4.33. The Kier molecular flexibility index (Phi) is 5.51. The second kappa shape index (κ2) is 8.18. The Morgan fingerprint density at radius 2 is 1.81 bits per heavy atom. The number of pyridine rings is 1. The number of methoxy groups -OCH3 is 1. The van der Waals surface area contributed by atoms with E-state index < -0.39 is 24.0 Å². The molecule has 1 aromatic heterocycles. The number of fused-ring (bicyclic) bond motifs is 1. The predicted octanol–water partition coefficient (Wildman–Crippen LogP) is 2.01. The van der Waals surface area contributed by atoms with Crippen LogP contribution in [0, 0.1) is 0 Å². The van der Waals surface area contributed by atoms with Gasteiger partial charge in [-0.3, -0.25) is 9.59 Å². The van der Waals surface area contributed by atoms with Crippen LogP contribution in [0.1, 0.15) is 15.9 Å². The SMILES string of the molecule is COc1ccccc1CNC(=O)COC(=O)c1cc(=O)[nH]c2ccccc12. The van der Waals surface area contributed by atoms with E-state index in [-0.39, 0.29) is 12.1 Å². The van der Waals surface area contributed by atoms with Gasteiger partial charge in [0.1, 0.15) is 5.75 Å². The van der Waals surface area contributed by atoms with Gasteiger partial charge in [-0.25, -0.2) is 4.79 Å². The predicted molar refractivity (Wildman–Crippen MR) is 99.7 cm³/mol. The standard InChI is InChI=1S/C20H18N2O5/c1-26-17-9-5-2-6-13(17)11-21-19(24)12-27-20(25)15-10-18(23)22-16-8-4-3-7-14(15)16/h2-10H,11-12H2,1H3,(H,21,24)(H,22,23). The van der Waals surface area contributed by atoms with Crippen molar-refractivity contribution in [2.75, 3.05) is 13.7 Å². The summed E-state index contributed by atoms with van der Waals surface area (Å²) in [5.41, 5.74) is 1.03. The number of H-pyrrole nitrogens is 1. The number of rotatable bonds is 6. The quantitative estimate of drug-likeness (QED) is 0.651. The number of aromatic nitrogens is 1. The second-order valence-corrected chi connectivity index (χ2v) is 5.76. The van der Waals surface area contributed by atoms with Gasteiger partial charge in [-0.2, -0.15) is 0 Å². The number of nitrogens with one attached hydrogen (secondary N) is 2. The maximum absolute atomic E-state index is 12.3. The van der Waals surface area contributed by atoms with Crippen LogP contribution in [0.15, 0.2) is 59.4 Å². The minimum Gasteiger partial charge on any atom is -0.496 e. The van der Waals surface area contributed by atoms with Gasteiger partial charge in [0.25, 0.3) is 5.91 Å². The molecule has 0 fully saturated rings. The Bertz CT molecular complexity index is 1040. The van der Waals surface area contributed by atoms with Crippen molar-refractivity contribution in [3.8, 4) is 5.75 Å². The molecule has 0 spiro atoms. The van der Waals surface area contributed by atoms with Crippen LogP contribution in [0.2, 0.25) is 0 Å². The van der Waals surface area contributed by atoms with Crippen molar-refractivity contribution < 1.29 is 19.1 Å². The summed E-state index contributed by atoms with van der Waals surface area (Å²) in [7, 11) is 1.55. The van der Waals surface area contributed by atoms with Crippen LogP contribution in [-0.4, -0.2) is 30.6 Å². The van der Waals surface area contributed by atoms with E-state index >= 15 is 0 Å². The zero-order chi connectivity index (χ0) is 19.2. The van der Waals surface area contributed by atoms with Crippen LogP contribution in [0.25, 0.3) is 10.9 Å². The largest absolute Gasteiger partial charge is 0.496 e. The first-order valence-corrected chi connectivity index (χ1v) is 8.26. The molecular formula is C20H18N2O5. The van der Waals surface area contributed by atoms with E-state index in [4.69, 9.17) is 9.47 Å². The molecule has 27 heavy (non-hydrogen) atoms. The molecule has 1 amide bonds. The van der Waals surface area contributed by atoms with E-state index in [0.29, 0.717) is 16.7 Å². The van der Waals surface area contributed by atoms with E-state index in [1.807, 2.05) is 18.2 Å². The molecule has 2 N–H and O–H groups in total. The van der Waals surface area contributed by atoms with Crippen molar-refractivity contribution in [2.45, 2.75) is 6.54 Å². The van der Waals surface area contributed by atoms with E-state index in [1.54, 1.807) is 37.4 Å². The Labute approximate surface area is 154 Å². The number of amides is 1. The second-order valence-electron chi connectivity index (χ2n) is 5.76. The summed E-state index contributed by atoms with van der Waals surface area (Å²) in [5, 5.41) is 3.22. The molecular weight excluding hydrogens is 348 g/mol. The van der Waals surface area contributed by atoms with Gasteiger partial charge in [0, 0.05) is 29.1 Å². The topological polar surface area (TPSA) is 97.5 Å².